The number of hydrogen-bond donors (Lipinski definition) is 4. The third-order valence-corrected chi connectivity index (χ3v) is 4.73. The van der Waals surface area contributed by atoms with Gasteiger partial charge in [-0.2, -0.15) is 5.10 Å². The molecule has 0 unspecified atom stereocenters. The van der Waals surface area contributed by atoms with Gasteiger partial charge >= 0.3 is 12.0 Å². The highest BCUT2D eigenvalue weighted by Crippen LogP contribution is 2.21. The Morgan fingerprint density at radius 2 is 1.89 bits per heavy atom. The van der Waals surface area contributed by atoms with E-state index in [-0.39, 0.29) is 16.7 Å². The molecular formula is C21H19N7O7. The summed E-state index contributed by atoms with van der Waals surface area (Å²) in [5.41, 5.74) is 5.92. The Kier molecular flexibility index (Phi) is 7.14. The molecule has 0 fully saturated rings. The number of methoxy groups -OCH3 is 1. The Bertz CT molecular complexity index is 1410. The number of fused-ring (bicyclic) bond motifs is 1. The molecule has 0 aliphatic rings. The van der Waals surface area contributed by atoms with Crippen LogP contribution in [0.2, 0.25) is 0 Å². The predicted octanol–water partition coefficient (Wildman–Crippen LogP) is 1.06. The number of nitrogens with zero attached hydrogens (tertiary/aromatic N) is 3. The van der Waals surface area contributed by atoms with E-state index >= 15 is 0 Å². The van der Waals surface area contributed by atoms with Crippen LogP contribution in [0.15, 0.2) is 52.4 Å². The number of hydrazone groups is 1. The van der Waals surface area contributed by atoms with Crippen molar-refractivity contribution in [1.82, 2.24) is 15.4 Å². The van der Waals surface area contributed by atoms with Gasteiger partial charge < -0.3 is 20.8 Å². The van der Waals surface area contributed by atoms with Gasteiger partial charge in [0.25, 0.3) is 17.2 Å². The lowest BCUT2D eigenvalue weighted by molar-refractivity contribution is -0.384. The molecule has 2 aromatic carbocycles. The molecule has 180 valence electrons. The van der Waals surface area contributed by atoms with Gasteiger partial charge in [-0.15, -0.1) is 0 Å². The molecule has 1 heterocycles. The molecule has 3 aromatic rings. The molecule has 3 rings (SSSR count). The van der Waals surface area contributed by atoms with Gasteiger partial charge in [0.1, 0.15) is 11.4 Å². The lowest BCUT2D eigenvalue weighted by Gasteiger charge is -2.16. The second kappa shape index (κ2) is 10.2. The van der Waals surface area contributed by atoms with Crippen LogP contribution < -0.4 is 22.0 Å². The smallest absolute Gasteiger partial charge is 0.332 e. The fourth-order valence-electron chi connectivity index (χ4n) is 3.06. The maximum absolute atomic E-state index is 13.1. The Labute approximate surface area is 196 Å². The molecule has 5 N–H and O–H groups in total. The fourth-order valence-corrected chi connectivity index (χ4v) is 3.06. The molecular weight excluding hydrogens is 462 g/mol. The number of rotatable bonds is 7. The van der Waals surface area contributed by atoms with Gasteiger partial charge in [-0.05, 0) is 25.1 Å². The molecule has 35 heavy (non-hydrogen) atoms. The lowest BCUT2D eigenvalue weighted by Crippen LogP contribution is -2.39. The summed E-state index contributed by atoms with van der Waals surface area (Å²) in [5, 5.41) is 17.2. The third-order valence-electron chi connectivity index (χ3n) is 4.73. The summed E-state index contributed by atoms with van der Waals surface area (Å²) in [6.45, 7) is 1.84. The average molecular weight is 481 g/mol. The molecule has 0 spiro atoms. The van der Waals surface area contributed by atoms with Crippen LogP contribution in [0.1, 0.15) is 17.2 Å². The summed E-state index contributed by atoms with van der Waals surface area (Å²) in [6, 6.07) is 8.99. The topological polar surface area (TPSA) is 212 Å². The largest absolute Gasteiger partial charge is 0.468 e. The van der Waals surface area contributed by atoms with Gasteiger partial charge in [0.15, 0.2) is 5.92 Å². The number of benzene rings is 2. The quantitative estimate of drug-likeness (QED) is 0.165. The van der Waals surface area contributed by atoms with Crippen molar-refractivity contribution in [2.45, 2.75) is 12.8 Å². The van der Waals surface area contributed by atoms with E-state index in [1.54, 1.807) is 24.3 Å². The second-order valence-electron chi connectivity index (χ2n) is 7.16. The molecule has 0 radical (unpaired) electrons. The first-order valence-electron chi connectivity index (χ1n) is 9.88. The number of nitro groups is 1. The maximum Gasteiger partial charge on any atom is 0.332 e. The van der Waals surface area contributed by atoms with Gasteiger partial charge in [-0.25, -0.2) is 15.2 Å². The highest BCUT2D eigenvalue weighted by molar-refractivity contribution is 6.47. The van der Waals surface area contributed by atoms with Crippen LogP contribution in [-0.2, 0) is 14.3 Å². The molecule has 0 aliphatic carbocycles. The minimum absolute atomic E-state index is 0.0226. The van der Waals surface area contributed by atoms with Gasteiger partial charge in [-0.1, -0.05) is 17.7 Å². The molecule has 0 saturated carbocycles. The summed E-state index contributed by atoms with van der Waals surface area (Å²) < 4.78 is 4.76. The van der Waals surface area contributed by atoms with Crippen LogP contribution in [0.25, 0.3) is 11.0 Å². The first-order valence-corrected chi connectivity index (χ1v) is 9.88. The van der Waals surface area contributed by atoms with Crippen molar-refractivity contribution >= 4 is 46.0 Å². The maximum atomic E-state index is 13.1. The standard InChI is InChI=1S/C21H19N7O7/c1-10-3-5-11(6-4-10)23-19(30)17(26-27-21(22)32)15(20(31)35-2)16-18(29)25-14-9-12(28(33)34)7-8-13(14)24-16/h3-9,15H,1-2H3,(H,23,30)(H,25,29)(H3,22,27,32)/b26-17-/t15-/m0/s1. The number of aromatic nitrogens is 2. The number of nitrogens with one attached hydrogen (secondary N) is 3. The number of non-ortho nitro benzene ring substituents is 1. The fraction of sp³-hybridized carbons (Fsp3) is 0.143. The molecule has 1 atom stereocenters. The minimum atomic E-state index is -1.79. The molecule has 0 bridgehead atoms. The number of H-pyrrole nitrogens is 1. The van der Waals surface area contributed by atoms with E-state index in [0.29, 0.717) is 5.69 Å². The van der Waals surface area contributed by atoms with Gasteiger partial charge in [0, 0.05) is 17.8 Å². The Morgan fingerprint density at radius 3 is 2.49 bits per heavy atom. The van der Waals surface area contributed by atoms with Gasteiger partial charge in [0.2, 0.25) is 0 Å². The lowest BCUT2D eigenvalue weighted by atomic mass is 9.98. The van der Waals surface area contributed by atoms with Crippen molar-refractivity contribution in [3.8, 4) is 0 Å². The van der Waals surface area contributed by atoms with Crippen LogP contribution in [0.4, 0.5) is 16.2 Å². The SMILES string of the molecule is COC(=O)[C@H](/C(=N/NC(N)=O)C(=O)Nc1ccc(C)cc1)c1nc2ccc([N+](=O)[O-])cc2[nH]c1=O. The second-order valence-corrected chi connectivity index (χ2v) is 7.16. The van der Waals surface area contributed by atoms with E-state index in [2.05, 4.69) is 20.4 Å². The van der Waals surface area contributed by atoms with Crippen molar-refractivity contribution in [1.29, 1.82) is 0 Å². The molecule has 14 heteroatoms. The molecule has 0 aliphatic heterocycles. The van der Waals surface area contributed by atoms with E-state index < -0.39 is 45.7 Å². The van der Waals surface area contributed by atoms with Crippen LogP contribution in [0.3, 0.4) is 0 Å². The summed E-state index contributed by atoms with van der Waals surface area (Å²) >= 11 is 0. The number of nitro benzene ring substituents is 1. The van der Waals surface area contributed by atoms with E-state index in [0.717, 1.165) is 24.8 Å². The normalized spacial score (nSPS) is 12.0. The van der Waals surface area contributed by atoms with E-state index in [9.17, 15) is 29.3 Å². The number of esters is 1. The van der Waals surface area contributed by atoms with Crippen molar-refractivity contribution in [2.24, 2.45) is 10.8 Å². The number of amides is 3. The van der Waals surface area contributed by atoms with Crippen molar-refractivity contribution in [3.05, 3.63) is 74.2 Å². The minimum Gasteiger partial charge on any atom is -0.468 e. The number of anilines is 1. The number of nitrogens with two attached hydrogens (primary N) is 1. The van der Waals surface area contributed by atoms with Crippen LogP contribution in [0, 0.1) is 17.0 Å². The molecule has 3 amide bonds. The highest BCUT2D eigenvalue weighted by Gasteiger charge is 2.36. The first-order chi connectivity index (χ1) is 16.6. The number of carbonyl (C=O) groups excluding carboxylic acids is 3. The van der Waals surface area contributed by atoms with Crippen molar-refractivity contribution in [2.75, 3.05) is 12.4 Å². The summed E-state index contributed by atoms with van der Waals surface area (Å²) in [4.78, 5) is 66.8. The monoisotopic (exact) mass is 481 g/mol. The Morgan fingerprint density at radius 1 is 1.20 bits per heavy atom. The third kappa shape index (κ3) is 5.62. The first kappa shape index (κ1) is 24.5. The predicted molar refractivity (Wildman–Crippen MR) is 124 cm³/mol. The summed E-state index contributed by atoms with van der Waals surface area (Å²) in [5.74, 6) is -3.84. The van der Waals surface area contributed by atoms with Crippen LogP contribution in [0.5, 0.6) is 0 Å². The van der Waals surface area contributed by atoms with Crippen LogP contribution in [-0.4, -0.2) is 45.6 Å². The Hall–Kier alpha value is -5.14. The van der Waals surface area contributed by atoms with Crippen molar-refractivity contribution < 1.29 is 24.0 Å². The average Bonchev–Trinajstić information content (AvgIpc) is 2.82. The van der Waals surface area contributed by atoms with Gasteiger partial charge in [0.05, 0.1) is 23.1 Å². The summed E-state index contributed by atoms with van der Waals surface area (Å²) in [7, 11) is 1.02. The zero-order chi connectivity index (χ0) is 25.7. The van der Waals surface area contributed by atoms with E-state index in [1.807, 2.05) is 12.3 Å². The number of primary amides is 1. The number of hydrogen-bond acceptors (Lipinski definition) is 9. The number of aryl methyl sites for hydroxylation is 1. The molecule has 14 nitrogen and oxygen atoms in total. The van der Waals surface area contributed by atoms with Crippen LogP contribution >= 0.6 is 0 Å². The molecule has 1 aromatic heterocycles. The number of aromatic amines is 1. The summed E-state index contributed by atoms with van der Waals surface area (Å²) in [6.07, 6.45) is 0. The van der Waals surface area contributed by atoms with Crippen molar-refractivity contribution in [3.63, 3.8) is 0 Å². The molecule has 0 saturated heterocycles. The van der Waals surface area contributed by atoms with E-state index in [1.165, 1.54) is 6.07 Å². The zero-order valence-electron chi connectivity index (χ0n) is 18.4. The number of urea groups is 1. The number of ether oxygens (including phenoxy) is 1. The van der Waals surface area contributed by atoms with Gasteiger partial charge in [-0.3, -0.25) is 24.5 Å². The highest BCUT2D eigenvalue weighted by atomic mass is 16.6. The zero-order valence-corrected chi connectivity index (χ0v) is 18.4. The van der Waals surface area contributed by atoms with E-state index in [4.69, 9.17) is 10.5 Å². The number of carbonyl (C=O) groups is 3. The Balaban J connectivity index is 2.14.